The monoisotopic (exact) mass is 461 g/mol. The van der Waals surface area contributed by atoms with Crippen LogP contribution in [0, 0.1) is 15.9 Å². The van der Waals surface area contributed by atoms with E-state index in [1.165, 1.54) is 35.0 Å². The van der Waals surface area contributed by atoms with E-state index in [4.69, 9.17) is 4.74 Å². The van der Waals surface area contributed by atoms with Crippen LogP contribution in [0.2, 0.25) is 0 Å². The summed E-state index contributed by atoms with van der Waals surface area (Å²) in [6, 6.07) is 18.4. The minimum absolute atomic E-state index is 0.108. The number of anilines is 1. The number of hydrogen-bond acceptors (Lipinski definition) is 6. The number of hydrogen-bond donors (Lipinski definition) is 1. The normalized spacial score (nSPS) is 10.8. The summed E-state index contributed by atoms with van der Waals surface area (Å²) in [6.07, 6.45) is -0.171. The Morgan fingerprint density at radius 2 is 1.82 bits per heavy atom. The molecule has 4 rings (SSSR count). The zero-order valence-corrected chi connectivity index (χ0v) is 18.3. The number of rotatable bonds is 7. The number of aromatic nitrogens is 3. The van der Waals surface area contributed by atoms with Crippen LogP contribution in [-0.4, -0.2) is 31.7 Å². The molecule has 1 heterocycles. The lowest BCUT2D eigenvalue weighted by Gasteiger charge is -2.09. The van der Waals surface area contributed by atoms with Gasteiger partial charge >= 0.3 is 6.01 Å². The highest BCUT2D eigenvalue weighted by molar-refractivity contribution is 6.04. The molecular formula is C24H20FN5O4. The Bertz CT molecular complexity index is 1350. The van der Waals surface area contributed by atoms with E-state index in [0.29, 0.717) is 11.4 Å². The molecule has 0 spiro atoms. The number of nitrogens with one attached hydrogen (secondary N) is 1. The number of nitro groups is 1. The highest BCUT2D eigenvalue weighted by Crippen LogP contribution is 2.27. The van der Waals surface area contributed by atoms with Crippen molar-refractivity contribution in [3.8, 4) is 23.1 Å². The molecule has 0 aliphatic carbocycles. The van der Waals surface area contributed by atoms with E-state index in [0.717, 1.165) is 0 Å². The molecule has 172 valence electrons. The van der Waals surface area contributed by atoms with Crippen LogP contribution in [0.1, 0.15) is 24.2 Å². The molecule has 0 bridgehead atoms. The maximum atomic E-state index is 14.5. The standard InChI is InChI=1S/C24H20FN5O4/c1-15(2)34-24-27-22(20-8-3-4-9-21(20)25)29(28-24)18-12-10-17(11-13-18)26-23(31)16-6-5-7-19(14-16)30(32)33/h3-15H,1-2H3,(H,26,31). The third kappa shape index (κ3) is 4.90. The second-order valence-electron chi connectivity index (χ2n) is 7.58. The van der Waals surface area contributed by atoms with Gasteiger partial charge in [-0.2, -0.15) is 4.98 Å². The molecule has 1 N–H and O–H groups in total. The first-order chi connectivity index (χ1) is 16.3. The number of halogens is 1. The van der Waals surface area contributed by atoms with Crippen molar-refractivity contribution in [3.05, 3.63) is 94.3 Å². The molecule has 0 radical (unpaired) electrons. The molecule has 9 nitrogen and oxygen atoms in total. The molecule has 0 aliphatic heterocycles. The number of benzene rings is 3. The Kier molecular flexibility index (Phi) is 6.30. The molecule has 4 aromatic rings. The van der Waals surface area contributed by atoms with Gasteiger partial charge < -0.3 is 10.1 Å². The lowest BCUT2D eigenvalue weighted by atomic mass is 10.2. The Morgan fingerprint density at radius 3 is 2.50 bits per heavy atom. The van der Waals surface area contributed by atoms with E-state index in [1.807, 2.05) is 13.8 Å². The lowest BCUT2D eigenvalue weighted by molar-refractivity contribution is -0.384. The number of nitrogens with zero attached hydrogens (tertiary/aromatic N) is 4. The zero-order chi connectivity index (χ0) is 24.2. The van der Waals surface area contributed by atoms with Gasteiger partial charge in [0.05, 0.1) is 22.3 Å². The first kappa shape index (κ1) is 22.6. The quantitative estimate of drug-likeness (QED) is 0.305. The van der Waals surface area contributed by atoms with Crippen molar-refractivity contribution in [2.75, 3.05) is 5.32 Å². The molecular weight excluding hydrogens is 441 g/mol. The minimum atomic E-state index is -0.561. The molecule has 0 atom stereocenters. The fraction of sp³-hybridized carbons (Fsp3) is 0.125. The number of amides is 1. The van der Waals surface area contributed by atoms with Gasteiger partial charge in [-0.3, -0.25) is 14.9 Å². The maximum Gasteiger partial charge on any atom is 0.336 e. The van der Waals surface area contributed by atoms with Gasteiger partial charge in [-0.1, -0.05) is 18.2 Å². The molecule has 0 unspecified atom stereocenters. The smallest absolute Gasteiger partial charge is 0.336 e. The largest absolute Gasteiger partial charge is 0.460 e. The van der Waals surface area contributed by atoms with E-state index < -0.39 is 16.6 Å². The number of non-ortho nitro benzene ring substituents is 1. The van der Waals surface area contributed by atoms with Gasteiger partial charge in [0.2, 0.25) is 0 Å². The first-order valence-electron chi connectivity index (χ1n) is 10.4. The van der Waals surface area contributed by atoms with Gasteiger partial charge in [-0.05, 0) is 56.3 Å². The summed E-state index contributed by atoms with van der Waals surface area (Å²) >= 11 is 0. The van der Waals surface area contributed by atoms with Gasteiger partial charge in [0.15, 0.2) is 5.82 Å². The van der Waals surface area contributed by atoms with Crippen molar-refractivity contribution in [2.24, 2.45) is 0 Å². The average Bonchev–Trinajstić information content (AvgIpc) is 3.22. The van der Waals surface area contributed by atoms with Crippen LogP contribution in [0.15, 0.2) is 72.8 Å². The van der Waals surface area contributed by atoms with Crippen LogP contribution in [0.3, 0.4) is 0 Å². The lowest BCUT2D eigenvalue weighted by Crippen LogP contribution is -2.12. The van der Waals surface area contributed by atoms with Gasteiger partial charge in [0.1, 0.15) is 5.82 Å². The minimum Gasteiger partial charge on any atom is -0.460 e. The molecule has 10 heteroatoms. The Hall–Kier alpha value is -4.60. The van der Waals surface area contributed by atoms with Gasteiger partial charge in [0, 0.05) is 23.4 Å². The van der Waals surface area contributed by atoms with E-state index in [1.54, 1.807) is 42.5 Å². The number of ether oxygens (including phenoxy) is 1. The van der Waals surface area contributed by atoms with Crippen molar-refractivity contribution in [1.29, 1.82) is 0 Å². The topological polar surface area (TPSA) is 112 Å². The summed E-state index contributed by atoms with van der Waals surface area (Å²) in [4.78, 5) is 27.2. The van der Waals surface area contributed by atoms with Crippen molar-refractivity contribution >= 4 is 17.3 Å². The third-order valence-corrected chi connectivity index (χ3v) is 4.73. The highest BCUT2D eigenvalue weighted by atomic mass is 19.1. The summed E-state index contributed by atoms with van der Waals surface area (Å²) in [6.45, 7) is 3.67. The fourth-order valence-corrected chi connectivity index (χ4v) is 3.20. The fourth-order valence-electron chi connectivity index (χ4n) is 3.20. The summed E-state index contributed by atoms with van der Waals surface area (Å²) in [5.41, 5.74) is 1.28. The Morgan fingerprint density at radius 1 is 1.09 bits per heavy atom. The van der Waals surface area contributed by atoms with Crippen LogP contribution in [-0.2, 0) is 0 Å². The highest BCUT2D eigenvalue weighted by Gasteiger charge is 2.18. The van der Waals surface area contributed by atoms with Gasteiger partial charge in [0.25, 0.3) is 11.6 Å². The van der Waals surface area contributed by atoms with Crippen LogP contribution < -0.4 is 10.1 Å². The maximum absolute atomic E-state index is 14.5. The van der Waals surface area contributed by atoms with Crippen LogP contribution in [0.4, 0.5) is 15.8 Å². The number of nitro benzene ring substituents is 1. The van der Waals surface area contributed by atoms with Crippen LogP contribution in [0.5, 0.6) is 6.01 Å². The Labute approximate surface area is 194 Å². The van der Waals surface area contributed by atoms with Crippen molar-refractivity contribution in [3.63, 3.8) is 0 Å². The third-order valence-electron chi connectivity index (χ3n) is 4.73. The van der Waals surface area contributed by atoms with Gasteiger partial charge in [-0.15, -0.1) is 5.10 Å². The van der Waals surface area contributed by atoms with E-state index in [2.05, 4.69) is 15.4 Å². The molecule has 0 aliphatic rings. The van der Waals surface area contributed by atoms with Crippen molar-refractivity contribution in [1.82, 2.24) is 14.8 Å². The van der Waals surface area contributed by atoms with Crippen molar-refractivity contribution < 1.29 is 18.8 Å². The molecule has 34 heavy (non-hydrogen) atoms. The molecule has 1 aromatic heterocycles. The first-order valence-corrected chi connectivity index (χ1v) is 10.4. The van der Waals surface area contributed by atoms with E-state index in [9.17, 15) is 19.3 Å². The van der Waals surface area contributed by atoms with Gasteiger partial charge in [-0.25, -0.2) is 9.07 Å². The second kappa shape index (κ2) is 9.49. The number of carbonyl (C=O) groups is 1. The summed E-state index contributed by atoms with van der Waals surface area (Å²) < 4.78 is 21.5. The predicted molar refractivity (Wildman–Crippen MR) is 124 cm³/mol. The van der Waals surface area contributed by atoms with Crippen LogP contribution >= 0.6 is 0 Å². The van der Waals surface area contributed by atoms with E-state index >= 15 is 0 Å². The second-order valence-corrected chi connectivity index (χ2v) is 7.58. The van der Waals surface area contributed by atoms with Crippen molar-refractivity contribution in [2.45, 2.75) is 20.0 Å². The summed E-state index contributed by atoms with van der Waals surface area (Å²) in [7, 11) is 0. The SMILES string of the molecule is CC(C)Oc1nc(-c2ccccc2F)n(-c2ccc(NC(=O)c3cccc([N+](=O)[O-])c3)cc2)n1. The average molecular weight is 461 g/mol. The zero-order valence-electron chi connectivity index (χ0n) is 18.3. The predicted octanol–water partition coefficient (Wildman–Crippen LogP) is 5.02. The van der Waals surface area contributed by atoms with Crippen LogP contribution in [0.25, 0.3) is 17.1 Å². The molecule has 0 fully saturated rings. The Balaban J connectivity index is 1.62. The summed E-state index contributed by atoms with van der Waals surface area (Å²) in [5, 5.41) is 18.0. The molecule has 0 saturated carbocycles. The molecule has 0 saturated heterocycles. The molecule has 3 aromatic carbocycles. The number of carbonyl (C=O) groups excluding carboxylic acids is 1. The molecule has 1 amide bonds. The summed E-state index contributed by atoms with van der Waals surface area (Å²) in [5.74, 6) is -0.674. The van der Waals surface area contributed by atoms with E-state index in [-0.39, 0.29) is 34.8 Å².